The molecule has 4 rings (SSSR count). The van der Waals surface area contributed by atoms with Gasteiger partial charge in [-0.15, -0.1) is 0 Å². The van der Waals surface area contributed by atoms with Crippen molar-refractivity contribution in [1.82, 2.24) is 24.4 Å². The third kappa shape index (κ3) is 2.57. The summed E-state index contributed by atoms with van der Waals surface area (Å²) in [6.07, 6.45) is 2.02. The highest BCUT2D eigenvalue weighted by atomic mass is 15.2. The van der Waals surface area contributed by atoms with E-state index in [-0.39, 0.29) is 0 Å². The number of nitrogens with zero attached hydrogens (tertiary/aromatic N) is 5. The van der Waals surface area contributed by atoms with Crippen molar-refractivity contribution >= 4 is 16.7 Å². The van der Waals surface area contributed by atoms with Gasteiger partial charge in [-0.2, -0.15) is 0 Å². The van der Waals surface area contributed by atoms with E-state index in [2.05, 4.69) is 45.9 Å². The Balaban J connectivity index is 1.73. The summed E-state index contributed by atoms with van der Waals surface area (Å²) < 4.78 is 2.02. The molecular weight excluding hydrogens is 300 g/mol. The van der Waals surface area contributed by atoms with Crippen molar-refractivity contribution in [3.8, 4) is 11.5 Å². The van der Waals surface area contributed by atoms with Crippen molar-refractivity contribution in [2.24, 2.45) is 7.05 Å². The molecule has 1 saturated heterocycles. The second-order valence-electron chi connectivity index (χ2n) is 6.82. The van der Waals surface area contributed by atoms with Crippen LogP contribution in [-0.2, 0) is 7.05 Å². The van der Waals surface area contributed by atoms with E-state index in [0.29, 0.717) is 0 Å². The molecular formula is C18H24N6. The summed E-state index contributed by atoms with van der Waals surface area (Å²) in [6, 6.07) is 4.47. The monoisotopic (exact) mass is 324 g/mol. The van der Waals surface area contributed by atoms with Crippen LogP contribution in [-0.4, -0.2) is 57.6 Å². The van der Waals surface area contributed by atoms with Gasteiger partial charge in [-0.25, -0.2) is 9.97 Å². The molecule has 0 radical (unpaired) electrons. The molecule has 24 heavy (non-hydrogen) atoms. The van der Waals surface area contributed by atoms with Crippen LogP contribution in [0.15, 0.2) is 18.3 Å². The number of hydrogen-bond acceptors (Lipinski definition) is 4. The Bertz CT molecular complexity index is 863. The highest BCUT2D eigenvalue weighted by Crippen LogP contribution is 2.27. The zero-order valence-corrected chi connectivity index (χ0v) is 14.8. The predicted octanol–water partition coefficient (Wildman–Crippen LogP) is 2.33. The van der Waals surface area contributed by atoms with Gasteiger partial charge in [0.1, 0.15) is 11.5 Å². The highest BCUT2D eigenvalue weighted by Gasteiger charge is 2.17. The standard InChI is InChI=1S/C18H24N6/c1-12-9-14(24-7-5-22(3)6-8-24)10-15-17(12)21-18(20-15)16-11-23(4)13(2)19-16/h9-11H,5-8H2,1-4H3,(H,20,21). The number of fused-ring (bicyclic) bond motifs is 1. The number of likely N-dealkylation sites (N-methyl/N-ethyl adjacent to an activating group) is 1. The van der Waals surface area contributed by atoms with Gasteiger partial charge in [0.25, 0.3) is 0 Å². The number of H-pyrrole nitrogens is 1. The van der Waals surface area contributed by atoms with Gasteiger partial charge in [0.05, 0.1) is 11.0 Å². The first-order chi connectivity index (χ1) is 11.5. The van der Waals surface area contributed by atoms with Crippen LogP contribution in [0.25, 0.3) is 22.6 Å². The predicted molar refractivity (Wildman–Crippen MR) is 97.5 cm³/mol. The Morgan fingerprint density at radius 3 is 2.42 bits per heavy atom. The van der Waals surface area contributed by atoms with E-state index in [1.54, 1.807) is 0 Å². The molecule has 1 aliphatic rings. The highest BCUT2D eigenvalue weighted by molar-refractivity contribution is 5.85. The van der Waals surface area contributed by atoms with E-state index >= 15 is 0 Å². The maximum absolute atomic E-state index is 4.78. The van der Waals surface area contributed by atoms with Crippen LogP contribution in [0.2, 0.25) is 0 Å². The molecule has 1 fully saturated rings. The first-order valence-corrected chi connectivity index (χ1v) is 8.45. The van der Waals surface area contributed by atoms with Gasteiger partial charge in [-0.3, -0.25) is 0 Å². The molecule has 3 heterocycles. The van der Waals surface area contributed by atoms with Crippen LogP contribution in [0.5, 0.6) is 0 Å². The normalized spacial score (nSPS) is 16.2. The number of anilines is 1. The van der Waals surface area contributed by atoms with E-state index in [0.717, 1.165) is 54.6 Å². The van der Waals surface area contributed by atoms with Crippen molar-refractivity contribution < 1.29 is 0 Å². The minimum atomic E-state index is 0.840. The van der Waals surface area contributed by atoms with Crippen LogP contribution in [0.1, 0.15) is 11.4 Å². The Labute approximate surface area is 142 Å². The van der Waals surface area contributed by atoms with E-state index in [9.17, 15) is 0 Å². The first kappa shape index (κ1) is 15.2. The molecule has 1 N–H and O–H groups in total. The molecule has 0 atom stereocenters. The maximum Gasteiger partial charge on any atom is 0.158 e. The lowest BCUT2D eigenvalue weighted by molar-refractivity contribution is 0.313. The lowest BCUT2D eigenvalue weighted by Crippen LogP contribution is -2.44. The minimum absolute atomic E-state index is 0.840. The van der Waals surface area contributed by atoms with Gasteiger partial charge < -0.3 is 19.4 Å². The molecule has 126 valence electrons. The molecule has 6 heteroatoms. The smallest absolute Gasteiger partial charge is 0.158 e. The second kappa shape index (κ2) is 5.63. The summed E-state index contributed by atoms with van der Waals surface area (Å²) in [7, 11) is 4.19. The third-order valence-corrected chi connectivity index (χ3v) is 4.98. The molecule has 6 nitrogen and oxygen atoms in total. The van der Waals surface area contributed by atoms with Crippen molar-refractivity contribution in [2.45, 2.75) is 13.8 Å². The van der Waals surface area contributed by atoms with Crippen LogP contribution < -0.4 is 4.90 Å². The largest absolute Gasteiger partial charge is 0.369 e. The molecule has 0 unspecified atom stereocenters. The van der Waals surface area contributed by atoms with Crippen LogP contribution in [0, 0.1) is 13.8 Å². The van der Waals surface area contributed by atoms with Crippen molar-refractivity contribution in [1.29, 1.82) is 0 Å². The van der Waals surface area contributed by atoms with Gasteiger partial charge in [0.2, 0.25) is 0 Å². The number of aromatic nitrogens is 4. The lowest BCUT2D eigenvalue weighted by atomic mass is 10.1. The molecule has 0 amide bonds. The number of imidazole rings is 2. The van der Waals surface area contributed by atoms with Gasteiger partial charge in [0.15, 0.2) is 5.82 Å². The fraction of sp³-hybridized carbons (Fsp3) is 0.444. The van der Waals surface area contributed by atoms with Crippen LogP contribution in [0.3, 0.4) is 0 Å². The molecule has 1 aromatic carbocycles. The number of rotatable bonds is 2. The molecule has 3 aromatic rings. The summed E-state index contributed by atoms with van der Waals surface area (Å²) in [6.45, 7) is 8.50. The van der Waals surface area contributed by atoms with E-state index < -0.39 is 0 Å². The summed E-state index contributed by atoms with van der Waals surface area (Å²) >= 11 is 0. The summed E-state index contributed by atoms with van der Waals surface area (Å²) in [5, 5.41) is 0. The van der Waals surface area contributed by atoms with Crippen molar-refractivity contribution in [3.63, 3.8) is 0 Å². The number of nitrogens with one attached hydrogen (secondary N) is 1. The second-order valence-corrected chi connectivity index (χ2v) is 6.82. The summed E-state index contributed by atoms with van der Waals surface area (Å²) in [5.74, 6) is 1.83. The SMILES string of the molecule is Cc1cc(N2CCN(C)CC2)cc2[nH]c(-c3cn(C)c(C)n3)nc12. The fourth-order valence-corrected chi connectivity index (χ4v) is 3.31. The Kier molecular flexibility index (Phi) is 3.57. The average Bonchev–Trinajstić information content (AvgIpc) is 3.12. The van der Waals surface area contributed by atoms with Gasteiger partial charge in [0, 0.05) is 45.1 Å². The fourth-order valence-electron chi connectivity index (χ4n) is 3.31. The maximum atomic E-state index is 4.78. The molecule has 0 saturated carbocycles. The number of benzene rings is 1. The summed E-state index contributed by atoms with van der Waals surface area (Å²) in [4.78, 5) is 17.6. The zero-order valence-electron chi connectivity index (χ0n) is 14.8. The van der Waals surface area contributed by atoms with Crippen LogP contribution >= 0.6 is 0 Å². The Morgan fingerprint density at radius 2 is 1.75 bits per heavy atom. The molecule has 1 aliphatic heterocycles. The molecule has 0 spiro atoms. The molecule has 0 aliphatic carbocycles. The molecule has 2 aromatic heterocycles. The number of aromatic amines is 1. The van der Waals surface area contributed by atoms with Crippen LogP contribution in [0.4, 0.5) is 5.69 Å². The quantitative estimate of drug-likeness (QED) is 0.786. The third-order valence-electron chi connectivity index (χ3n) is 4.98. The van der Waals surface area contributed by atoms with E-state index in [1.807, 2.05) is 24.7 Å². The number of hydrogen-bond donors (Lipinski definition) is 1. The van der Waals surface area contributed by atoms with Gasteiger partial charge >= 0.3 is 0 Å². The Morgan fingerprint density at radius 1 is 1.00 bits per heavy atom. The van der Waals surface area contributed by atoms with Crippen molar-refractivity contribution in [3.05, 3.63) is 29.7 Å². The van der Waals surface area contributed by atoms with Gasteiger partial charge in [-0.05, 0) is 38.6 Å². The molecule has 0 bridgehead atoms. The van der Waals surface area contributed by atoms with E-state index in [1.165, 1.54) is 11.3 Å². The first-order valence-electron chi connectivity index (χ1n) is 8.45. The Hall–Kier alpha value is -2.34. The lowest BCUT2D eigenvalue weighted by Gasteiger charge is -2.34. The number of aryl methyl sites for hydroxylation is 3. The number of piperazine rings is 1. The average molecular weight is 324 g/mol. The van der Waals surface area contributed by atoms with E-state index in [4.69, 9.17) is 4.98 Å². The zero-order chi connectivity index (χ0) is 16.8. The van der Waals surface area contributed by atoms with Crippen molar-refractivity contribution in [2.75, 3.05) is 38.1 Å². The summed E-state index contributed by atoms with van der Waals surface area (Å²) in [5.41, 5.74) is 5.50. The minimum Gasteiger partial charge on any atom is -0.369 e. The topological polar surface area (TPSA) is 53.0 Å². The van der Waals surface area contributed by atoms with Gasteiger partial charge in [-0.1, -0.05) is 0 Å².